The van der Waals surface area contributed by atoms with Gasteiger partial charge in [0.1, 0.15) is 10.0 Å². The first-order valence-electron chi connectivity index (χ1n) is 8.65. The second-order valence-corrected chi connectivity index (χ2v) is 7.85. The maximum atomic E-state index is 12.4. The van der Waals surface area contributed by atoms with Crippen molar-refractivity contribution < 1.29 is 4.79 Å². The number of aryl methyl sites for hydroxylation is 1. The average Bonchev–Trinajstić information content (AvgIpc) is 3.34. The fourth-order valence-corrected chi connectivity index (χ4v) is 4.26. The molecule has 1 aliphatic heterocycles. The molecule has 5 nitrogen and oxygen atoms in total. The number of urea groups is 1. The van der Waals surface area contributed by atoms with Crippen LogP contribution in [0.1, 0.15) is 53.1 Å². The van der Waals surface area contributed by atoms with Gasteiger partial charge in [0.25, 0.3) is 0 Å². The van der Waals surface area contributed by atoms with E-state index < -0.39 is 0 Å². The van der Waals surface area contributed by atoms with E-state index in [1.54, 1.807) is 11.3 Å². The van der Waals surface area contributed by atoms with Crippen molar-refractivity contribution in [1.29, 1.82) is 0 Å². The number of carbonyl (C=O) groups excluding carboxylic acids is 1. The molecule has 24 heavy (non-hydrogen) atoms. The molecule has 1 aromatic carbocycles. The Labute approximate surface area is 146 Å². The van der Waals surface area contributed by atoms with Gasteiger partial charge in [-0.1, -0.05) is 17.7 Å². The molecule has 0 spiro atoms. The smallest absolute Gasteiger partial charge is 0.321 e. The van der Waals surface area contributed by atoms with E-state index in [0.717, 1.165) is 36.6 Å². The van der Waals surface area contributed by atoms with Gasteiger partial charge in [0.15, 0.2) is 0 Å². The Morgan fingerprint density at radius 1 is 1.04 bits per heavy atom. The molecule has 2 heterocycles. The molecule has 1 saturated heterocycles. The highest BCUT2D eigenvalue weighted by molar-refractivity contribution is 7.11. The Kier molecular flexibility index (Phi) is 4.22. The summed E-state index contributed by atoms with van der Waals surface area (Å²) in [5.41, 5.74) is 2.04. The predicted molar refractivity (Wildman–Crippen MR) is 95.6 cm³/mol. The summed E-state index contributed by atoms with van der Waals surface area (Å²) in [6, 6.07) is 7.90. The highest BCUT2D eigenvalue weighted by atomic mass is 32.1. The molecule has 0 unspecified atom stereocenters. The molecular weight excluding hydrogens is 320 g/mol. The number of piperidine rings is 1. The third-order valence-electron chi connectivity index (χ3n) is 4.82. The number of hydrogen-bond acceptors (Lipinski definition) is 4. The number of nitrogens with zero attached hydrogens (tertiary/aromatic N) is 3. The molecule has 2 fully saturated rings. The van der Waals surface area contributed by atoms with Crippen molar-refractivity contribution in [2.24, 2.45) is 0 Å². The largest absolute Gasteiger partial charge is 0.324 e. The number of amides is 2. The van der Waals surface area contributed by atoms with Gasteiger partial charge in [-0.3, -0.25) is 0 Å². The Bertz CT molecular complexity index is 715. The van der Waals surface area contributed by atoms with E-state index in [1.165, 1.54) is 23.4 Å². The summed E-state index contributed by atoms with van der Waals surface area (Å²) in [5, 5.41) is 14.1. The summed E-state index contributed by atoms with van der Waals surface area (Å²) < 4.78 is 0. The normalized spacial score (nSPS) is 18.6. The third-order valence-corrected chi connectivity index (χ3v) is 6.07. The van der Waals surface area contributed by atoms with Crippen molar-refractivity contribution in [3.63, 3.8) is 0 Å². The second kappa shape index (κ2) is 6.51. The number of carbonyl (C=O) groups is 1. The number of benzene rings is 1. The van der Waals surface area contributed by atoms with Crippen LogP contribution in [-0.4, -0.2) is 34.2 Å². The van der Waals surface area contributed by atoms with Crippen LogP contribution in [0.4, 0.5) is 10.5 Å². The maximum Gasteiger partial charge on any atom is 0.321 e. The lowest BCUT2D eigenvalue weighted by Crippen LogP contribution is -2.40. The molecule has 126 valence electrons. The molecule has 2 amide bonds. The van der Waals surface area contributed by atoms with Crippen LogP contribution in [0.15, 0.2) is 24.3 Å². The molecular formula is C18H22N4OS. The Morgan fingerprint density at radius 2 is 1.62 bits per heavy atom. The number of rotatable bonds is 3. The number of anilines is 1. The Hall–Kier alpha value is -1.95. The SMILES string of the molecule is Cc1ccc(NC(=O)N2CCC(c3nnc(C4CC4)s3)CC2)cc1. The van der Waals surface area contributed by atoms with E-state index in [2.05, 4.69) is 15.5 Å². The van der Waals surface area contributed by atoms with Gasteiger partial charge in [-0.05, 0) is 44.7 Å². The zero-order chi connectivity index (χ0) is 16.5. The van der Waals surface area contributed by atoms with Gasteiger partial charge in [-0.15, -0.1) is 21.5 Å². The molecule has 0 atom stereocenters. The van der Waals surface area contributed by atoms with Gasteiger partial charge in [-0.2, -0.15) is 0 Å². The minimum Gasteiger partial charge on any atom is -0.324 e. The second-order valence-electron chi connectivity index (χ2n) is 6.81. The highest BCUT2D eigenvalue weighted by Gasteiger charge is 2.30. The summed E-state index contributed by atoms with van der Waals surface area (Å²) in [7, 11) is 0. The molecule has 6 heteroatoms. The zero-order valence-corrected chi connectivity index (χ0v) is 14.7. The van der Waals surface area contributed by atoms with Crippen molar-refractivity contribution in [2.75, 3.05) is 18.4 Å². The van der Waals surface area contributed by atoms with Crippen molar-refractivity contribution in [1.82, 2.24) is 15.1 Å². The number of nitrogens with one attached hydrogen (secondary N) is 1. The van der Waals surface area contributed by atoms with Crippen LogP contribution in [0.5, 0.6) is 0 Å². The van der Waals surface area contributed by atoms with Crippen LogP contribution in [-0.2, 0) is 0 Å². The van der Waals surface area contributed by atoms with Gasteiger partial charge >= 0.3 is 6.03 Å². The highest BCUT2D eigenvalue weighted by Crippen LogP contribution is 2.43. The Morgan fingerprint density at radius 3 is 2.21 bits per heavy atom. The van der Waals surface area contributed by atoms with E-state index in [-0.39, 0.29) is 6.03 Å². The molecule has 0 radical (unpaired) electrons. The topological polar surface area (TPSA) is 58.1 Å². The molecule has 1 saturated carbocycles. The lowest BCUT2D eigenvalue weighted by atomic mass is 9.98. The first-order chi connectivity index (χ1) is 11.7. The van der Waals surface area contributed by atoms with Crippen molar-refractivity contribution in [2.45, 2.75) is 44.4 Å². The summed E-state index contributed by atoms with van der Waals surface area (Å²) in [4.78, 5) is 14.3. The Balaban J connectivity index is 1.31. The summed E-state index contributed by atoms with van der Waals surface area (Å²) in [5.74, 6) is 1.13. The van der Waals surface area contributed by atoms with Crippen LogP contribution in [0, 0.1) is 6.92 Å². The van der Waals surface area contributed by atoms with Gasteiger partial charge < -0.3 is 10.2 Å². The fraction of sp³-hybridized carbons (Fsp3) is 0.500. The van der Waals surface area contributed by atoms with E-state index >= 15 is 0 Å². The van der Waals surface area contributed by atoms with E-state index in [9.17, 15) is 4.79 Å². The molecule has 1 aliphatic carbocycles. The van der Waals surface area contributed by atoms with Crippen LogP contribution < -0.4 is 5.32 Å². The minimum absolute atomic E-state index is 0.00626. The van der Waals surface area contributed by atoms with Gasteiger partial charge in [-0.25, -0.2) is 4.79 Å². The lowest BCUT2D eigenvalue weighted by molar-refractivity contribution is 0.194. The third kappa shape index (κ3) is 3.43. The van der Waals surface area contributed by atoms with Crippen LogP contribution in [0.25, 0.3) is 0 Å². The van der Waals surface area contributed by atoms with Gasteiger partial charge in [0.2, 0.25) is 0 Å². The molecule has 1 aromatic heterocycles. The monoisotopic (exact) mass is 342 g/mol. The average molecular weight is 342 g/mol. The zero-order valence-electron chi connectivity index (χ0n) is 13.9. The van der Waals surface area contributed by atoms with Crippen LogP contribution in [0.3, 0.4) is 0 Å². The van der Waals surface area contributed by atoms with Crippen LogP contribution in [0.2, 0.25) is 0 Å². The van der Waals surface area contributed by atoms with E-state index in [1.807, 2.05) is 36.1 Å². The molecule has 2 aliphatic rings. The van der Waals surface area contributed by atoms with E-state index in [4.69, 9.17) is 0 Å². The molecule has 4 rings (SSSR count). The van der Waals surface area contributed by atoms with Gasteiger partial charge in [0, 0.05) is 30.6 Å². The van der Waals surface area contributed by atoms with Crippen molar-refractivity contribution in [3.05, 3.63) is 39.8 Å². The summed E-state index contributed by atoms with van der Waals surface area (Å²) in [6.07, 6.45) is 4.49. The molecule has 0 bridgehead atoms. The van der Waals surface area contributed by atoms with Gasteiger partial charge in [0.05, 0.1) is 0 Å². The standard InChI is InChI=1S/C18H22N4OS/c1-12-2-6-15(7-3-12)19-18(23)22-10-8-14(9-11-22)17-21-20-16(24-17)13-4-5-13/h2-3,6-7,13-14H,4-5,8-11H2,1H3,(H,19,23). The predicted octanol–water partition coefficient (Wildman–Crippen LogP) is 4.14. The molecule has 2 aromatic rings. The van der Waals surface area contributed by atoms with Crippen molar-refractivity contribution in [3.8, 4) is 0 Å². The minimum atomic E-state index is -0.00626. The summed E-state index contributed by atoms with van der Waals surface area (Å²) in [6.45, 7) is 3.60. The fourth-order valence-electron chi connectivity index (χ4n) is 3.08. The first kappa shape index (κ1) is 15.6. The number of likely N-dealkylation sites (tertiary alicyclic amines) is 1. The first-order valence-corrected chi connectivity index (χ1v) is 9.46. The van der Waals surface area contributed by atoms with E-state index in [0.29, 0.717) is 11.8 Å². The molecule has 1 N–H and O–H groups in total. The summed E-state index contributed by atoms with van der Waals surface area (Å²) >= 11 is 1.78. The number of aromatic nitrogens is 2. The lowest BCUT2D eigenvalue weighted by Gasteiger charge is -2.31. The van der Waals surface area contributed by atoms with Crippen molar-refractivity contribution >= 4 is 23.1 Å². The quantitative estimate of drug-likeness (QED) is 0.912. The maximum absolute atomic E-state index is 12.4. The van der Waals surface area contributed by atoms with Crippen LogP contribution >= 0.6 is 11.3 Å². The number of hydrogen-bond donors (Lipinski definition) is 1.